The molecule has 0 aromatic carbocycles. The zero-order chi connectivity index (χ0) is 13.7. The summed E-state index contributed by atoms with van der Waals surface area (Å²) in [7, 11) is 0. The first kappa shape index (κ1) is 13.6. The van der Waals surface area contributed by atoms with Crippen LogP contribution in [-0.4, -0.2) is 23.0 Å². The zero-order valence-corrected chi connectivity index (χ0v) is 10.8. The van der Waals surface area contributed by atoms with Crippen LogP contribution in [0, 0.1) is 5.92 Å². The molecule has 5 nitrogen and oxygen atoms in total. The van der Waals surface area contributed by atoms with Crippen molar-refractivity contribution in [3.63, 3.8) is 0 Å². The summed E-state index contributed by atoms with van der Waals surface area (Å²) in [5.74, 6) is -0.927. The number of carbonyl (C=O) groups is 2. The molecule has 1 saturated carbocycles. The Kier molecular flexibility index (Phi) is 4.60. The molecule has 0 spiro atoms. The smallest absolute Gasteiger partial charge is 0.306 e. The van der Waals surface area contributed by atoms with Crippen LogP contribution in [0.25, 0.3) is 0 Å². The van der Waals surface area contributed by atoms with Crippen LogP contribution in [0.2, 0.25) is 0 Å². The van der Waals surface area contributed by atoms with Gasteiger partial charge in [0.15, 0.2) is 0 Å². The Bertz CT molecular complexity index is 419. The summed E-state index contributed by atoms with van der Waals surface area (Å²) in [4.78, 5) is 22.6. The Morgan fingerprint density at radius 3 is 2.63 bits per heavy atom. The molecule has 5 heteroatoms. The molecule has 0 atom stereocenters. The number of carboxylic acids is 1. The van der Waals surface area contributed by atoms with E-state index in [1.54, 1.807) is 12.5 Å². The van der Waals surface area contributed by atoms with Gasteiger partial charge in [-0.1, -0.05) is 0 Å². The lowest BCUT2D eigenvalue weighted by Crippen LogP contribution is -2.38. The maximum atomic E-state index is 11.8. The molecule has 0 unspecified atom stereocenters. The molecule has 0 radical (unpaired) electrons. The number of rotatable bonds is 5. The number of nitrogens with one attached hydrogen (secondary N) is 1. The molecule has 1 fully saturated rings. The lowest BCUT2D eigenvalue weighted by molar-refractivity contribution is -0.142. The van der Waals surface area contributed by atoms with Gasteiger partial charge in [0.2, 0.25) is 5.91 Å². The van der Waals surface area contributed by atoms with Gasteiger partial charge >= 0.3 is 5.97 Å². The molecule has 0 aliphatic heterocycles. The summed E-state index contributed by atoms with van der Waals surface area (Å²) in [5, 5.41) is 11.9. The number of hydrogen-bond donors (Lipinski definition) is 2. The zero-order valence-electron chi connectivity index (χ0n) is 10.8. The van der Waals surface area contributed by atoms with Crippen LogP contribution < -0.4 is 5.32 Å². The van der Waals surface area contributed by atoms with Crippen molar-refractivity contribution in [1.29, 1.82) is 0 Å². The molecule has 19 heavy (non-hydrogen) atoms. The molecule has 1 aliphatic carbocycles. The van der Waals surface area contributed by atoms with Crippen LogP contribution in [0.1, 0.15) is 37.7 Å². The molecule has 0 bridgehead atoms. The van der Waals surface area contributed by atoms with Crippen molar-refractivity contribution < 1.29 is 19.1 Å². The molecule has 1 amide bonds. The van der Waals surface area contributed by atoms with E-state index in [1.165, 1.54) is 0 Å². The highest BCUT2D eigenvalue weighted by Crippen LogP contribution is 2.24. The number of hydrogen-bond acceptors (Lipinski definition) is 3. The van der Waals surface area contributed by atoms with Crippen molar-refractivity contribution in [3.05, 3.63) is 24.2 Å². The lowest BCUT2D eigenvalue weighted by Gasteiger charge is -2.26. The topological polar surface area (TPSA) is 79.5 Å². The summed E-state index contributed by atoms with van der Waals surface area (Å²) in [5.41, 5.74) is 1.02. The van der Waals surface area contributed by atoms with Crippen molar-refractivity contribution in [2.75, 3.05) is 0 Å². The Balaban J connectivity index is 1.67. The van der Waals surface area contributed by atoms with Gasteiger partial charge in [-0.3, -0.25) is 9.59 Å². The molecule has 1 aliphatic rings. The number of carbonyl (C=O) groups excluding carboxylic acids is 1. The van der Waals surface area contributed by atoms with Crippen molar-refractivity contribution in [3.8, 4) is 0 Å². The SMILES string of the molecule is O=C(CCc1ccoc1)NC1CCC(C(=O)O)CC1. The first-order chi connectivity index (χ1) is 9.15. The monoisotopic (exact) mass is 265 g/mol. The van der Waals surface area contributed by atoms with E-state index in [0.29, 0.717) is 25.7 Å². The first-order valence-corrected chi connectivity index (χ1v) is 6.68. The van der Waals surface area contributed by atoms with Gasteiger partial charge < -0.3 is 14.8 Å². The number of carboxylic acid groups (broad SMARTS) is 1. The third kappa shape index (κ3) is 4.12. The van der Waals surface area contributed by atoms with Crippen LogP contribution in [0.15, 0.2) is 23.0 Å². The van der Waals surface area contributed by atoms with E-state index in [1.807, 2.05) is 6.07 Å². The predicted octanol–water partition coefficient (Wildman–Crippen LogP) is 1.97. The van der Waals surface area contributed by atoms with Crippen LogP contribution in [0.5, 0.6) is 0 Å². The van der Waals surface area contributed by atoms with Gasteiger partial charge in [0, 0.05) is 12.5 Å². The highest BCUT2D eigenvalue weighted by Gasteiger charge is 2.26. The van der Waals surface area contributed by atoms with Gasteiger partial charge in [0.05, 0.1) is 18.4 Å². The van der Waals surface area contributed by atoms with Gasteiger partial charge in [-0.15, -0.1) is 0 Å². The van der Waals surface area contributed by atoms with E-state index in [-0.39, 0.29) is 17.9 Å². The third-order valence-corrected chi connectivity index (χ3v) is 3.66. The van der Waals surface area contributed by atoms with Gasteiger partial charge in [-0.05, 0) is 43.7 Å². The molecule has 2 rings (SSSR count). The average Bonchev–Trinajstić information content (AvgIpc) is 2.90. The van der Waals surface area contributed by atoms with Crippen molar-refractivity contribution in [2.45, 2.75) is 44.6 Å². The minimum atomic E-state index is -0.718. The molecule has 2 N–H and O–H groups in total. The van der Waals surface area contributed by atoms with Crippen molar-refractivity contribution in [1.82, 2.24) is 5.32 Å². The van der Waals surface area contributed by atoms with Crippen LogP contribution in [-0.2, 0) is 16.0 Å². The molecule has 1 heterocycles. The van der Waals surface area contributed by atoms with Gasteiger partial charge in [0.25, 0.3) is 0 Å². The lowest BCUT2D eigenvalue weighted by atomic mass is 9.86. The Hall–Kier alpha value is -1.78. The van der Waals surface area contributed by atoms with E-state index in [4.69, 9.17) is 9.52 Å². The highest BCUT2D eigenvalue weighted by molar-refractivity contribution is 5.76. The summed E-state index contributed by atoms with van der Waals surface area (Å²) >= 11 is 0. The third-order valence-electron chi connectivity index (χ3n) is 3.66. The van der Waals surface area contributed by atoms with Crippen LogP contribution in [0.3, 0.4) is 0 Å². The van der Waals surface area contributed by atoms with Crippen molar-refractivity contribution >= 4 is 11.9 Å². The summed E-state index contributed by atoms with van der Waals surface area (Å²) in [6, 6.07) is 1.98. The Labute approximate surface area is 112 Å². The minimum absolute atomic E-state index is 0.0278. The van der Waals surface area contributed by atoms with Crippen LogP contribution in [0.4, 0.5) is 0 Å². The van der Waals surface area contributed by atoms with Crippen molar-refractivity contribution in [2.24, 2.45) is 5.92 Å². The second-order valence-corrected chi connectivity index (χ2v) is 5.09. The average molecular weight is 265 g/mol. The second kappa shape index (κ2) is 6.41. The van der Waals surface area contributed by atoms with Crippen LogP contribution >= 0.6 is 0 Å². The number of aliphatic carboxylic acids is 1. The Morgan fingerprint density at radius 2 is 2.05 bits per heavy atom. The van der Waals surface area contributed by atoms with E-state index >= 15 is 0 Å². The molecule has 1 aromatic rings. The Morgan fingerprint density at radius 1 is 1.32 bits per heavy atom. The first-order valence-electron chi connectivity index (χ1n) is 6.68. The maximum Gasteiger partial charge on any atom is 0.306 e. The fraction of sp³-hybridized carbons (Fsp3) is 0.571. The summed E-state index contributed by atoms with van der Waals surface area (Å²) < 4.78 is 4.94. The van der Waals surface area contributed by atoms with E-state index in [0.717, 1.165) is 18.4 Å². The van der Waals surface area contributed by atoms with Gasteiger partial charge in [0.1, 0.15) is 0 Å². The number of aryl methyl sites for hydroxylation is 1. The normalized spacial score (nSPS) is 22.9. The predicted molar refractivity (Wildman–Crippen MR) is 68.6 cm³/mol. The largest absolute Gasteiger partial charge is 0.481 e. The quantitative estimate of drug-likeness (QED) is 0.853. The van der Waals surface area contributed by atoms with E-state index < -0.39 is 5.97 Å². The van der Waals surface area contributed by atoms with E-state index in [9.17, 15) is 9.59 Å². The van der Waals surface area contributed by atoms with Gasteiger partial charge in [-0.25, -0.2) is 0 Å². The maximum absolute atomic E-state index is 11.8. The molecule has 104 valence electrons. The molecular weight excluding hydrogens is 246 g/mol. The standard InChI is InChI=1S/C14H19NO4/c16-13(6-1-10-7-8-19-9-10)15-12-4-2-11(3-5-12)14(17)18/h7-9,11-12H,1-6H2,(H,15,16)(H,17,18). The highest BCUT2D eigenvalue weighted by atomic mass is 16.4. The van der Waals surface area contributed by atoms with Gasteiger partial charge in [-0.2, -0.15) is 0 Å². The second-order valence-electron chi connectivity index (χ2n) is 5.09. The fourth-order valence-corrected chi connectivity index (χ4v) is 2.48. The summed E-state index contributed by atoms with van der Waals surface area (Å²) in [6.45, 7) is 0. The fourth-order valence-electron chi connectivity index (χ4n) is 2.48. The summed E-state index contributed by atoms with van der Waals surface area (Å²) in [6.07, 6.45) is 7.18. The molecular formula is C14H19NO4. The van der Waals surface area contributed by atoms with E-state index in [2.05, 4.69) is 5.32 Å². The number of amides is 1. The molecule has 1 aromatic heterocycles. The molecule has 0 saturated heterocycles. The number of furan rings is 1. The minimum Gasteiger partial charge on any atom is -0.481 e.